The van der Waals surface area contributed by atoms with Gasteiger partial charge in [0.05, 0.1) is 24.2 Å². The molecule has 0 unspecified atom stereocenters. The Hall–Kier alpha value is -3.45. The molecular formula is C22H16N3O+. The van der Waals surface area contributed by atoms with Crippen molar-refractivity contribution in [1.82, 2.24) is 4.98 Å². The molecule has 1 aromatic heterocycles. The van der Waals surface area contributed by atoms with Gasteiger partial charge in [0, 0.05) is 11.6 Å². The number of hydrogen-bond acceptors (Lipinski definition) is 3. The predicted octanol–water partition coefficient (Wildman–Crippen LogP) is 4.47. The molecule has 0 bridgehead atoms. The Bertz CT molecular complexity index is 1300. The van der Waals surface area contributed by atoms with Crippen LogP contribution in [0.25, 0.3) is 32.9 Å². The molecule has 26 heavy (non-hydrogen) atoms. The summed E-state index contributed by atoms with van der Waals surface area (Å²) in [4.78, 5) is 4.51. The molecule has 0 fully saturated rings. The van der Waals surface area contributed by atoms with E-state index in [1.165, 1.54) is 16.3 Å². The minimum atomic E-state index is 0.554. The van der Waals surface area contributed by atoms with Gasteiger partial charge in [-0.1, -0.05) is 24.3 Å². The summed E-state index contributed by atoms with van der Waals surface area (Å²) in [5.41, 5.74) is 5.83. The number of nitriles is 1. The van der Waals surface area contributed by atoms with Crippen LogP contribution in [0.2, 0.25) is 0 Å². The quantitative estimate of drug-likeness (QED) is 0.391. The average Bonchev–Trinajstić information content (AvgIpc) is 2.67. The van der Waals surface area contributed by atoms with Crippen LogP contribution in [0.3, 0.4) is 0 Å². The SMILES string of the molecule is Cc1c2c(c(C)c3ccccc13)-c1c3c(cc(C#N)cc3nc[n+]1C)O2. The first-order chi connectivity index (χ1) is 12.6. The molecule has 0 radical (unpaired) electrons. The first-order valence-corrected chi connectivity index (χ1v) is 8.52. The maximum absolute atomic E-state index is 9.36. The zero-order chi connectivity index (χ0) is 18.0. The smallest absolute Gasteiger partial charge is 0.287 e. The van der Waals surface area contributed by atoms with Gasteiger partial charge in [-0.25, -0.2) is 4.57 Å². The molecule has 0 aliphatic carbocycles. The van der Waals surface area contributed by atoms with Gasteiger partial charge in [-0.15, -0.1) is 0 Å². The maximum atomic E-state index is 9.36. The van der Waals surface area contributed by atoms with Crippen molar-refractivity contribution in [2.45, 2.75) is 13.8 Å². The first kappa shape index (κ1) is 14.9. The molecule has 0 saturated carbocycles. The van der Waals surface area contributed by atoms with Crippen molar-refractivity contribution in [1.29, 1.82) is 5.26 Å². The van der Waals surface area contributed by atoms with Crippen molar-refractivity contribution in [2.75, 3.05) is 0 Å². The van der Waals surface area contributed by atoms with Crippen molar-refractivity contribution >= 4 is 21.7 Å². The minimum absolute atomic E-state index is 0.554. The fourth-order valence-electron chi connectivity index (χ4n) is 4.04. The van der Waals surface area contributed by atoms with E-state index in [0.717, 1.165) is 33.5 Å². The van der Waals surface area contributed by atoms with Gasteiger partial charge in [-0.05, 0) is 41.2 Å². The summed E-state index contributed by atoms with van der Waals surface area (Å²) in [6.45, 7) is 4.24. The number of ether oxygens (including phenoxy) is 1. The van der Waals surface area contributed by atoms with Crippen molar-refractivity contribution in [2.24, 2.45) is 7.05 Å². The van der Waals surface area contributed by atoms with Crippen LogP contribution in [0.5, 0.6) is 11.5 Å². The zero-order valence-corrected chi connectivity index (χ0v) is 14.8. The largest absolute Gasteiger partial charge is 0.455 e. The third-order valence-electron chi connectivity index (χ3n) is 5.30. The second-order valence-electron chi connectivity index (χ2n) is 6.79. The number of nitrogens with zero attached hydrogens (tertiary/aromatic N) is 3. The van der Waals surface area contributed by atoms with E-state index in [-0.39, 0.29) is 0 Å². The van der Waals surface area contributed by atoms with Crippen LogP contribution in [0.1, 0.15) is 16.7 Å². The summed E-state index contributed by atoms with van der Waals surface area (Å²) >= 11 is 0. The van der Waals surface area contributed by atoms with E-state index in [1.807, 2.05) is 24.0 Å². The molecule has 0 amide bonds. The van der Waals surface area contributed by atoms with Crippen molar-refractivity contribution in [3.05, 3.63) is 59.4 Å². The van der Waals surface area contributed by atoms with Gasteiger partial charge < -0.3 is 4.74 Å². The monoisotopic (exact) mass is 338 g/mol. The predicted molar refractivity (Wildman–Crippen MR) is 100 cm³/mol. The Labute approximate surface area is 150 Å². The van der Waals surface area contributed by atoms with Crippen LogP contribution in [0.15, 0.2) is 42.7 Å². The molecule has 5 rings (SSSR count). The fourth-order valence-corrected chi connectivity index (χ4v) is 4.04. The van der Waals surface area contributed by atoms with Crippen molar-refractivity contribution < 1.29 is 9.30 Å². The third kappa shape index (κ3) is 1.77. The van der Waals surface area contributed by atoms with Gasteiger partial charge in [0.25, 0.3) is 6.33 Å². The van der Waals surface area contributed by atoms with Crippen LogP contribution < -0.4 is 9.30 Å². The molecule has 0 saturated heterocycles. The van der Waals surface area contributed by atoms with E-state index < -0.39 is 0 Å². The lowest BCUT2D eigenvalue weighted by atomic mass is 9.89. The van der Waals surface area contributed by atoms with E-state index in [9.17, 15) is 5.26 Å². The molecule has 3 aromatic carbocycles. The van der Waals surface area contributed by atoms with E-state index in [1.54, 1.807) is 6.07 Å². The van der Waals surface area contributed by atoms with Crippen molar-refractivity contribution in [3.8, 4) is 28.8 Å². The van der Waals surface area contributed by atoms with Gasteiger partial charge in [0.1, 0.15) is 16.9 Å². The standard InChI is InChI=1S/C22H16N3O/c1-12-15-6-4-5-7-16(15)13(2)22-19(12)21-20-17(24-11-25(21)3)8-14(10-23)9-18(20)26-22/h4-9,11H,1-3H3/q+1. The zero-order valence-electron chi connectivity index (χ0n) is 14.8. The van der Waals surface area contributed by atoms with Gasteiger partial charge in [-0.2, -0.15) is 5.26 Å². The summed E-state index contributed by atoms with van der Waals surface area (Å²) in [6.07, 6.45) is 1.81. The fraction of sp³-hybridized carbons (Fsp3) is 0.136. The molecular weight excluding hydrogens is 322 g/mol. The van der Waals surface area contributed by atoms with Gasteiger partial charge in [0.2, 0.25) is 0 Å². The molecule has 124 valence electrons. The van der Waals surface area contributed by atoms with Crippen LogP contribution in [0, 0.1) is 25.2 Å². The van der Waals surface area contributed by atoms with Crippen LogP contribution >= 0.6 is 0 Å². The molecule has 0 spiro atoms. The molecule has 1 aliphatic rings. The third-order valence-corrected chi connectivity index (χ3v) is 5.30. The van der Waals surface area contributed by atoms with E-state index in [0.29, 0.717) is 11.3 Å². The van der Waals surface area contributed by atoms with E-state index in [4.69, 9.17) is 4.74 Å². The summed E-state index contributed by atoms with van der Waals surface area (Å²) in [5, 5.41) is 12.7. The average molecular weight is 338 g/mol. The number of aromatic nitrogens is 2. The maximum Gasteiger partial charge on any atom is 0.287 e. The second-order valence-corrected chi connectivity index (χ2v) is 6.79. The van der Waals surface area contributed by atoms with Crippen molar-refractivity contribution in [3.63, 3.8) is 0 Å². The Morgan fingerprint density at radius 1 is 1.08 bits per heavy atom. The molecule has 2 heterocycles. The van der Waals surface area contributed by atoms with Crippen LogP contribution in [-0.2, 0) is 7.05 Å². The lowest BCUT2D eigenvalue weighted by molar-refractivity contribution is -0.662. The minimum Gasteiger partial charge on any atom is -0.455 e. The molecule has 4 aromatic rings. The number of aryl methyl sites for hydroxylation is 3. The van der Waals surface area contributed by atoms with Gasteiger partial charge in [-0.3, -0.25) is 0 Å². The summed E-state index contributed by atoms with van der Waals surface area (Å²) < 4.78 is 8.40. The first-order valence-electron chi connectivity index (χ1n) is 8.52. The molecule has 4 heteroatoms. The Balaban J connectivity index is 2.03. The molecule has 0 atom stereocenters. The Morgan fingerprint density at radius 3 is 2.54 bits per heavy atom. The second kappa shape index (κ2) is 5.03. The number of benzene rings is 3. The van der Waals surface area contributed by atoms with Crippen LogP contribution in [0.4, 0.5) is 0 Å². The Kier molecular flexibility index (Phi) is 2.87. The lowest BCUT2D eigenvalue weighted by Crippen LogP contribution is -2.33. The number of fused-ring (bicyclic) bond motifs is 3. The highest BCUT2D eigenvalue weighted by molar-refractivity contribution is 6.05. The lowest BCUT2D eigenvalue weighted by Gasteiger charge is -2.24. The number of rotatable bonds is 0. The summed E-state index contributed by atoms with van der Waals surface area (Å²) in [5.74, 6) is 1.56. The highest BCUT2D eigenvalue weighted by Crippen LogP contribution is 2.49. The van der Waals surface area contributed by atoms with E-state index in [2.05, 4.69) is 49.2 Å². The highest BCUT2D eigenvalue weighted by atomic mass is 16.5. The van der Waals surface area contributed by atoms with Gasteiger partial charge >= 0.3 is 0 Å². The highest BCUT2D eigenvalue weighted by Gasteiger charge is 2.31. The normalized spacial score (nSPS) is 11.9. The molecule has 4 nitrogen and oxygen atoms in total. The molecule has 0 N–H and O–H groups in total. The summed E-state index contributed by atoms with van der Waals surface area (Å²) in [7, 11) is 2.00. The topological polar surface area (TPSA) is 49.8 Å². The number of hydrogen-bond donors (Lipinski definition) is 0. The summed E-state index contributed by atoms with van der Waals surface area (Å²) in [6, 6.07) is 14.2. The van der Waals surface area contributed by atoms with E-state index >= 15 is 0 Å². The van der Waals surface area contributed by atoms with Crippen LogP contribution in [-0.4, -0.2) is 4.98 Å². The molecule has 1 aliphatic heterocycles. The Morgan fingerprint density at radius 2 is 1.81 bits per heavy atom. The van der Waals surface area contributed by atoms with Gasteiger partial charge in [0.15, 0.2) is 11.2 Å².